The van der Waals surface area contributed by atoms with E-state index in [-0.39, 0.29) is 9.80 Å². The summed E-state index contributed by atoms with van der Waals surface area (Å²) in [5.74, 6) is -0.101. The predicted octanol–water partition coefficient (Wildman–Crippen LogP) is 5.94. The number of sulfone groups is 1. The number of hydrogen-bond acceptors (Lipinski definition) is 9. The molecule has 1 aliphatic rings. The third-order valence-corrected chi connectivity index (χ3v) is 10.5. The molecule has 1 aliphatic heterocycles. The fourth-order valence-electron chi connectivity index (χ4n) is 4.64. The van der Waals surface area contributed by atoms with E-state index in [0.717, 1.165) is 22.2 Å². The number of thioether (sulfide) groups is 1. The van der Waals surface area contributed by atoms with Gasteiger partial charge in [-0.25, -0.2) is 8.42 Å². The Morgan fingerprint density at radius 1 is 1.07 bits per heavy atom. The zero-order chi connectivity index (χ0) is 28.6. The largest absolute Gasteiger partial charge is 0.420 e. The summed E-state index contributed by atoms with van der Waals surface area (Å²) in [5, 5.41) is 17.4. The van der Waals surface area contributed by atoms with E-state index < -0.39 is 20.7 Å². The van der Waals surface area contributed by atoms with Crippen LogP contribution in [0.25, 0.3) is 16.3 Å². The molecule has 208 valence electrons. The number of nitrogens with zero attached hydrogens (tertiary/aromatic N) is 4. The van der Waals surface area contributed by atoms with E-state index in [1.54, 1.807) is 53.4 Å². The van der Waals surface area contributed by atoms with Crippen molar-refractivity contribution in [2.24, 2.45) is 0 Å². The number of aryl methyl sites for hydroxylation is 1. The second-order valence-electron chi connectivity index (χ2n) is 8.95. The van der Waals surface area contributed by atoms with Crippen molar-refractivity contribution in [1.82, 2.24) is 5.16 Å². The lowest BCUT2D eigenvalue weighted by atomic mass is 10.2. The third kappa shape index (κ3) is 4.98. The fourth-order valence-corrected chi connectivity index (χ4v) is 8.17. The summed E-state index contributed by atoms with van der Waals surface area (Å²) in [7, 11) is -4.22. The van der Waals surface area contributed by atoms with Crippen LogP contribution < -0.4 is 19.1 Å². The molecule has 3 heterocycles. The van der Waals surface area contributed by atoms with E-state index in [2.05, 4.69) is 75.6 Å². The predicted molar refractivity (Wildman–Crippen MR) is 158 cm³/mol. The topological polar surface area (TPSA) is 103 Å². The first-order valence-electron chi connectivity index (χ1n) is 12.9. The minimum atomic E-state index is -4.22. The van der Waals surface area contributed by atoms with Crippen LogP contribution in [0, 0.1) is 5.21 Å². The molecule has 0 saturated heterocycles. The molecule has 0 fully saturated rings. The maximum Gasteiger partial charge on any atom is 0.420 e. The van der Waals surface area contributed by atoms with Gasteiger partial charge in [-0.1, -0.05) is 59.5 Å². The highest BCUT2D eigenvalue weighted by Crippen LogP contribution is 2.47. The molecule has 3 aromatic carbocycles. The van der Waals surface area contributed by atoms with Crippen LogP contribution in [0.15, 0.2) is 109 Å². The van der Waals surface area contributed by atoms with Crippen LogP contribution in [0.1, 0.15) is 18.9 Å². The first-order chi connectivity index (χ1) is 19.9. The molecule has 9 nitrogen and oxygen atoms in total. The average molecular weight is 606 g/mol. The Morgan fingerprint density at radius 3 is 2.63 bits per heavy atom. The zero-order valence-electron chi connectivity index (χ0n) is 22.1. The van der Waals surface area contributed by atoms with Gasteiger partial charge < -0.3 is 14.8 Å². The van der Waals surface area contributed by atoms with E-state index >= 15 is 0 Å². The molecule has 0 aliphatic carbocycles. The quantitative estimate of drug-likeness (QED) is 0.158. The first-order valence-corrected chi connectivity index (χ1v) is 16.0. The van der Waals surface area contributed by atoms with Crippen molar-refractivity contribution in [3.05, 3.63) is 100 Å². The Morgan fingerprint density at radius 2 is 1.85 bits per heavy atom. The van der Waals surface area contributed by atoms with Gasteiger partial charge in [0.15, 0.2) is 0 Å². The molecule has 0 radical (unpaired) electrons. The molecule has 0 spiro atoms. The van der Waals surface area contributed by atoms with Crippen LogP contribution >= 0.6 is 23.1 Å². The van der Waals surface area contributed by atoms with Crippen molar-refractivity contribution in [3.8, 4) is 11.6 Å². The number of para-hydroxylation sites is 1. The van der Waals surface area contributed by atoms with Crippen LogP contribution in [0.3, 0.4) is 0 Å². The Balaban J connectivity index is 1.26. The van der Waals surface area contributed by atoms with E-state index in [1.807, 2.05) is 6.07 Å². The van der Waals surface area contributed by atoms with E-state index in [4.69, 9.17) is 4.74 Å². The van der Waals surface area contributed by atoms with Crippen LogP contribution in [0.2, 0.25) is 0 Å². The van der Waals surface area contributed by atoms with Crippen LogP contribution in [-0.2, 0) is 16.4 Å². The van der Waals surface area contributed by atoms with E-state index in [1.165, 1.54) is 27.4 Å². The van der Waals surface area contributed by atoms with E-state index in [9.17, 15) is 13.6 Å². The summed E-state index contributed by atoms with van der Waals surface area (Å²) in [5.41, 5.74) is 2.14. The Bertz CT molecular complexity index is 1910. The Labute approximate surface area is 245 Å². The standard InChI is InChI=1S/C29H25N4O5S3/c1-3-31-22-13-8-9-14-24(22)39-26(31)15-10-16-27-32(4-2)23-19-20(17-18-25(23)40-27)37-28-29(33(34)38-30-28)41(35,36)21-11-6-5-7-12-21/h5-19H,3-4H2,1-2H3/q+1. The van der Waals surface area contributed by atoms with Crippen LogP contribution in [-0.4, -0.2) is 20.1 Å². The monoisotopic (exact) mass is 605 g/mol. The zero-order valence-corrected chi connectivity index (χ0v) is 24.6. The number of thiazole rings is 1. The Hall–Kier alpha value is -4.13. The number of hydrogen-bond donors (Lipinski definition) is 0. The maximum absolute atomic E-state index is 13.1. The fraction of sp³-hybridized carbons (Fsp3) is 0.138. The maximum atomic E-state index is 13.1. The third-order valence-electron chi connectivity index (χ3n) is 6.52. The van der Waals surface area contributed by atoms with Gasteiger partial charge in [0.2, 0.25) is 5.52 Å². The minimum absolute atomic E-state index is 0.0666. The smallest absolute Gasteiger partial charge is 0.415 e. The lowest BCUT2D eigenvalue weighted by Crippen LogP contribution is -2.33. The van der Waals surface area contributed by atoms with Gasteiger partial charge >= 0.3 is 10.9 Å². The molecule has 5 aromatic rings. The van der Waals surface area contributed by atoms with Crippen molar-refractivity contribution < 1.29 is 27.3 Å². The normalized spacial score (nSPS) is 14.4. The number of fused-ring (bicyclic) bond motifs is 2. The number of aromatic nitrogens is 3. The lowest BCUT2D eigenvalue weighted by molar-refractivity contribution is -0.832. The summed E-state index contributed by atoms with van der Waals surface area (Å²) in [6.45, 7) is 5.79. The SMILES string of the molecule is CCN1/C(=C/C=C/c2sc3ccccc3[n+]2CC)Sc2ccc(Oc3no[n+]([O-])c3S(=O)(=O)c3ccccc3)cc21. The summed E-state index contributed by atoms with van der Waals surface area (Å²) in [4.78, 5) is 2.96. The van der Waals surface area contributed by atoms with Crippen molar-refractivity contribution in [2.45, 2.75) is 35.2 Å². The van der Waals surface area contributed by atoms with Crippen molar-refractivity contribution >= 4 is 54.9 Å². The molecule has 0 amide bonds. The molecule has 0 N–H and O–H groups in total. The molecule has 0 unspecified atom stereocenters. The summed E-state index contributed by atoms with van der Waals surface area (Å²) >= 11 is 3.40. The second-order valence-corrected chi connectivity index (χ2v) is 12.9. The van der Waals surface area contributed by atoms with Gasteiger partial charge in [-0.2, -0.15) is 4.57 Å². The van der Waals surface area contributed by atoms with Gasteiger partial charge in [-0.15, -0.1) is 0 Å². The molecule has 2 aromatic heterocycles. The first kappa shape index (κ1) is 27.1. The van der Waals surface area contributed by atoms with Gasteiger partial charge in [0.1, 0.15) is 17.0 Å². The number of allylic oxidation sites excluding steroid dienone is 2. The summed E-state index contributed by atoms with van der Waals surface area (Å²) < 4.78 is 40.2. The summed E-state index contributed by atoms with van der Waals surface area (Å²) in [6.07, 6.45) is 6.28. The van der Waals surface area contributed by atoms with Gasteiger partial charge in [-0.05, 0) is 55.2 Å². The van der Waals surface area contributed by atoms with Crippen LogP contribution in [0.4, 0.5) is 5.69 Å². The summed E-state index contributed by atoms with van der Waals surface area (Å²) in [6, 6.07) is 21.4. The van der Waals surface area contributed by atoms with Crippen LogP contribution in [0.5, 0.6) is 11.6 Å². The van der Waals surface area contributed by atoms with Gasteiger partial charge in [0, 0.05) is 29.6 Å². The van der Waals surface area contributed by atoms with Crippen molar-refractivity contribution in [3.63, 3.8) is 0 Å². The van der Waals surface area contributed by atoms with Gasteiger partial charge in [0.25, 0.3) is 14.8 Å². The molecule has 0 saturated carbocycles. The van der Waals surface area contributed by atoms with Crippen molar-refractivity contribution in [1.29, 1.82) is 0 Å². The molecule has 0 bridgehead atoms. The molecule has 6 rings (SSSR count). The van der Waals surface area contributed by atoms with Gasteiger partial charge in [0.05, 0.1) is 20.8 Å². The number of rotatable bonds is 8. The molecular formula is C29H25N4O5S3+. The van der Waals surface area contributed by atoms with Crippen molar-refractivity contribution in [2.75, 3.05) is 11.4 Å². The van der Waals surface area contributed by atoms with E-state index in [0.29, 0.717) is 12.3 Å². The molecule has 12 heteroatoms. The Kier molecular flexibility index (Phi) is 7.28. The van der Waals surface area contributed by atoms with Gasteiger partial charge in [-0.3, -0.25) is 4.63 Å². The average Bonchev–Trinajstić information content (AvgIpc) is 3.65. The molecule has 0 atom stereocenters. The lowest BCUT2D eigenvalue weighted by Gasteiger charge is -2.18. The highest BCUT2D eigenvalue weighted by Gasteiger charge is 2.36. The second kappa shape index (κ2) is 11.0. The highest BCUT2D eigenvalue weighted by atomic mass is 32.2. The number of ether oxygens (including phenoxy) is 1. The highest BCUT2D eigenvalue weighted by molar-refractivity contribution is 8.03. The molecular weight excluding hydrogens is 581 g/mol. The molecule has 41 heavy (non-hydrogen) atoms. The number of benzene rings is 3. The minimum Gasteiger partial charge on any atom is -0.415 e. The number of anilines is 1.